The van der Waals surface area contributed by atoms with Gasteiger partial charge in [-0.05, 0) is 37.5 Å². The number of rotatable bonds is 4. The highest BCUT2D eigenvalue weighted by Gasteiger charge is 2.37. The van der Waals surface area contributed by atoms with Gasteiger partial charge in [-0.2, -0.15) is 0 Å². The number of benzene rings is 1. The van der Waals surface area contributed by atoms with Gasteiger partial charge in [-0.25, -0.2) is 4.39 Å². The number of carbonyl (C=O) groups is 1. The monoisotopic (exact) mass is 240 g/mol. The van der Waals surface area contributed by atoms with Gasteiger partial charge in [0, 0.05) is 0 Å². The van der Waals surface area contributed by atoms with E-state index in [0.29, 0.717) is 5.56 Å². The van der Waals surface area contributed by atoms with Crippen molar-refractivity contribution in [2.75, 3.05) is 0 Å². The fourth-order valence-corrected chi connectivity index (χ4v) is 1.92. The van der Waals surface area contributed by atoms with E-state index in [9.17, 15) is 14.3 Å². The van der Waals surface area contributed by atoms with E-state index < -0.39 is 23.3 Å². The molecule has 0 radical (unpaired) electrons. The largest absolute Gasteiger partial charge is 0.481 e. The van der Waals surface area contributed by atoms with Crippen molar-refractivity contribution in [2.45, 2.75) is 32.8 Å². The highest BCUT2D eigenvalue weighted by atomic mass is 19.1. The van der Waals surface area contributed by atoms with Crippen LogP contribution < -0.4 is 0 Å². The van der Waals surface area contributed by atoms with Gasteiger partial charge in [-0.15, -0.1) is 0 Å². The van der Waals surface area contributed by atoms with Crippen molar-refractivity contribution < 1.29 is 19.4 Å². The zero-order valence-corrected chi connectivity index (χ0v) is 10.2. The summed E-state index contributed by atoms with van der Waals surface area (Å²) in [4.78, 5) is 11.0. The molecule has 0 fully saturated rings. The van der Waals surface area contributed by atoms with E-state index in [2.05, 4.69) is 0 Å². The number of hydrogen-bond acceptors (Lipinski definition) is 2. The maximum Gasteiger partial charge on any atom is 0.309 e. The third kappa shape index (κ3) is 2.64. The van der Waals surface area contributed by atoms with Crippen LogP contribution in [0.15, 0.2) is 18.2 Å². The Labute approximate surface area is 99.9 Å². The van der Waals surface area contributed by atoms with E-state index in [1.807, 2.05) is 0 Å². The third-order valence-corrected chi connectivity index (χ3v) is 3.14. The molecule has 0 bridgehead atoms. The molecule has 3 nitrogen and oxygen atoms in total. The minimum atomic E-state index is -1.57. The Morgan fingerprint density at radius 2 is 2.12 bits per heavy atom. The summed E-state index contributed by atoms with van der Waals surface area (Å²) in [7, 11) is 0. The fourth-order valence-electron chi connectivity index (χ4n) is 1.92. The predicted octanol–water partition coefficient (Wildman–Crippen LogP) is 2.45. The van der Waals surface area contributed by atoms with Crippen LogP contribution in [0.4, 0.5) is 4.39 Å². The number of carboxylic acids is 1. The average molecular weight is 240 g/mol. The van der Waals surface area contributed by atoms with Crippen LogP contribution in [-0.2, 0) is 10.4 Å². The SMILES string of the molecule is CCC(C(=O)O)C(C)(O)c1ccc(C)c(F)c1. The minimum Gasteiger partial charge on any atom is -0.481 e. The van der Waals surface area contributed by atoms with Crippen LogP contribution in [-0.4, -0.2) is 16.2 Å². The summed E-state index contributed by atoms with van der Waals surface area (Å²) in [5.74, 6) is -2.48. The van der Waals surface area contributed by atoms with Crippen molar-refractivity contribution in [3.63, 3.8) is 0 Å². The fraction of sp³-hybridized carbons (Fsp3) is 0.462. The number of aliphatic hydroxyl groups is 1. The molecule has 1 aromatic carbocycles. The quantitative estimate of drug-likeness (QED) is 0.849. The Hall–Kier alpha value is -1.42. The van der Waals surface area contributed by atoms with Crippen molar-refractivity contribution in [1.29, 1.82) is 0 Å². The Morgan fingerprint density at radius 1 is 1.53 bits per heavy atom. The van der Waals surface area contributed by atoms with Gasteiger partial charge in [0.25, 0.3) is 0 Å². The van der Waals surface area contributed by atoms with E-state index in [1.54, 1.807) is 19.9 Å². The summed E-state index contributed by atoms with van der Waals surface area (Å²) in [5, 5.41) is 19.3. The van der Waals surface area contributed by atoms with Crippen LogP contribution in [0.2, 0.25) is 0 Å². The summed E-state index contributed by atoms with van der Waals surface area (Å²) in [6.45, 7) is 4.69. The molecule has 0 aliphatic rings. The number of aliphatic carboxylic acids is 1. The molecular weight excluding hydrogens is 223 g/mol. The molecule has 94 valence electrons. The molecule has 2 unspecified atom stereocenters. The number of halogens is 1. The highest BCUT2D eigenvalue weighted by Crippen LogP contribution is 2.32. The van der Waals surface area contributed by atoms with Gasteiger partial charge in [0.2, 0.25) is 0 Å². The number of aryl methyl sites for hydroxylation is 1. The first-order chi connectivity index (χ1) is 7.80. The predicted molar refractivity (Wildman–Crippen MR) is 62.1 cm³/mol. The van der Waals surface area contributed by atoms with Gasteiger partial charge in [-0.1, -0.05) is 19.1 Å². The van der Waals surface area contributed by atoms with Gasteiger partial charge >= 0.3 is 5.97 Å². The summed E-state index contributed by atoms with van der Waals surface area (Å²) in [6.07, 6.45) is 0.276. The van der Waals surface area contributed by atoms with E-state index >= 15 is 0 Å². The van der Waals surface area contributed by atoms with Crippen LogP contribution >= 0.6 is 0 Å². The Morgan fingerprint density at radius 3 is 2.53 bits per heavy atom. The van der Waals surface area contributed by atoms with Crippen LogP contribution in [0.1, 0.15) is 31.4 Å². The highest BCUT2D eigenvalue weighted by molar-refractivity contribution is 5.71. The minimum absolute atomic E-state index is 0.276. The Kier molecular flexibility index (Phi) is 3.88. The molecule has 0 spiro atoms. The second-order valence-corrected chi connectivity index (χ2v) is 4.41. The zero-order chi connectivity index (χ0) is 13.2. The maximum atomic E-state index is 13.4. The van der Waals surface area contributed by atoms with E-state index in [0.717, 1.165) is 0 Å². The number of hydrogen-bond donors (Lipinski definition) is 2. The summed E-state index contributed by atoms with van der Waals surface area (Å²) < 4.78 is 13.4. The summed E-state index contributed by atoms with van der Waals surface area (Å²) in [5.41, 5.74) is -0.822. The lowest BCUT2D eigenvalue weighted by Crippen LogP contribution is -2.37. The third-order valence-electron chi connectivity index (χ3n) is 3.14. The molecule has 1 rings (SSSR count). The zero-order valence-electron chi connectivity index (χ0n) is 10.2. The molecule has 2 N–H and O–H groups in total. The summed E-state index contributed by atoms with van der Waals surface area (Å²) >= 11 is 0. The van der Waals surface area contributed by atoms with Crippen molar-refractivity contribution in [1.82, 2.24) is 0 Å². The first kappa shape index (κ1) is 13.6. The average Bonchev–Trinajstić information content (AvgIpc) is 2.21. The molecule has 0 saturated heterocycles. The molecule has 0 aliphatic heterocycles. The Balaban J connectivity index is 3.19. The molecule has 0 aliphatic carbocycles. The second-order valence-electron chi connectivity index (χ2n) is 4.41. The maximum absolute atomic E-state index is 13.4. The van der Waals surface area contributed by atoms with E-state index in [4.69, 9.17) is 5.11 Å². The number of carboxylic acid groups (broad SMARTS) is 1. The first-order valence-electron chi connectivity index (χ1n) is 5.52. The van der Waals surface area contributed by atoms with Crippen LogP contribution in [0.5, 0.6) is 0 Å². The normalized spacial score (nSPS) is 16.3. The first-order valence-corrected chi connectivity index (χ1v) is 5.52. The summed E-state index contributed by atoms with van der Waals surface area (Å²) in [6, 6.07) is 4.29. The van der Waals surface area contributed by atoms with Crippen molar-refractivity contribution >= 4 is 5.97 Å². The standard InChI is InChI=1S/C13H17FO3/c1-4-10(12(15)16)13(3,17)9-6-5-8(2)11(14)7-9/h5-7,10,17H,4H2,1-3H3,(H,15,16). The molecule has 17 heavy (non-hydrogen) atoms. The van der Waals surface area contributed by atoms with Crippen molar-refractivity contribution in [2.24, 2.45) is 5.92 Å². The molecule has 0 amide bonds. The molecule has 4 heteroatoms. The van der Waals surface area contributed by atoms with Gasteiger partial charge in [0.15, 0.2) is 0 Å². The smallest absolute Gasteiger partial charge is 0.309 e. The molecule has 1 aromatic rings. The second kappa shape index (κ2) is 4.84. The molecule has 0 saturated carbocycles. The van der Waals surface area contributed by atoms with Crippen LogP contribution in [0.25, 0.3) is 0 Å². The van der Waals surface area contributed by atoms with Crippen LogP contribution in [0.3, 0.4) is 0 Å². The van der Waals surface area contributed by atoms with Gasteiger partial charge in [-0.3, -0.25) is 4.79 Å². The molecule has 2 atom stereocenters. The van der Waals surface area contributed by atoms with E-state index in [-0.39, 0.29) is 12.0 Å². The lowest BCUT2D eigenvalue weighted by molar-refractivity contribution is -0.152. The topological polar surface area (TPSA) is 57.5 Å². The Bertz CT molecular complexity index is 427. The molecule has 0 aromatic heterocycles. The van der Waals surface area contributed by atoms with Gasteiger partial charge in [0.1, 0.15) is 11.4 Å². The van der Waals surface area contributed by atoms with Gasteiger partial charge < -0.3 is 10.2 Å². The lowest BCUT2D eigenvalue weighted by atomic mass is 9.81. The van der Waals surface area contributed by atoms with Gasteiger partial charge in [0.05, 0.1) is 5.92 Å². The lowest BCUT2D eigenvalue weighted by Gasteiger charge is -2.30. The van der Waals surface area contributed by atoms with E-state index in [1.165, 1.54) is 19.1 Å². The van der Waals surface area contributed by atoms with Crippen molar-refractivity contribution in [3.05, 3.63) is 35.1 Å². The molecule has 0 heterocycles. The van der Waals surface area contributed by atoms with Crippen LogP contribution in [0, 0.1) is 18.7 Å². The van der Waals surface area contributed by atoms with Crippen molar-refractivity contribution in [3.8, 4) is 0 Å². The molecular formula is C13H17FO3.